The SMILES string of the molecule is COc1cc([N+](=O)[O-])c(OC)cc1-c1nc2sc(Cl)cn2c1/C=N/Nc1ccccn1.Cl. The lowest BCUT2D eigenvalue weighted by Crippen LogP contribution is -2.00. The summed E-state index contributed by atoms with van der Waals surface area (Å²) in [5.74, 6) is 0.931. The van der Waals surface area contributed by atoms with Crippen LogP contribution in [0.5, 0.6) is 11.5 Å². The van der Waals surface area contributed by atoms with Gasteiger partial charge >= 0.3 is 5.69 Å². The number of hydrazone groups is 1. The lowest BCUT2D eigenvalue weighted by Gasteiger charge is -2.10. The minimum atomic E-state index is -0.532. The fourth-order valence-corrected chi connectivity index (χ4v) is 3.98. The van der Waals surface area contributed by atoms with Crippen LogP contribution in [0.1, 0.15) is 5.69 Å². The highest BCUT2D eigenvalue weighted by Crippen LogP contribution is 2.41. The summed E-state index contributed by atoms with van der Waals surface area (Å²) in [5, 5.41) is 15.6. The second-order valence-corrected chi connectivity index (χ2v) is 7.74. The Morgan fingerprint density at radius 2 is 2.06 bits per heavy atom. The third-order valence-electron chi connectivity index (χ3n) is 4.32. The second-order valence-electron chi connectivity index (χ2n) is 6.10. The van der Waals surface area contributed by atoms with Gasteiger partial charge in [-0.05, 0) is 12.1 Å². The van der Waals surface area contributed by atoms with Crippen molar-refractivity contribution in [3.8, 4) is 22.8 Å². The molecule has 3 heterocycles. The predicted molar refractivity (Wildman–Crippen MR) is 126 cm³/mol. The highest BCUT2D eigenvalue weighted by atomic mass is 35.5. The van der Waals surface area contributed by atoms with Crippen molar-refractivity contribution in [3.63, 3.8) is 0 Å². The number of nitro benzene ring substituents is 1. The third-order valence-corrected chi connectivity index (χ3v) is 5.42. The summed E-state index contributed by atoms with van der Waals surface area (Å²) in [6, 6.07) is 8.24. The molecule has 0 fully saturated rings. The largest absolute Gasteiger partial charge is 0.496 e. The number of pyridine rings is 1. The van der Waals surface area contributed by atoms with Crippen molar-refractivity contribution in [1.82, 2.24) is 14.4 Å². The summed E-state index contributed by atoms with van der Waals surface area (Å²) < 4.78 is 13.0. The number of anilines is 1. The fourth-order valence-electron chi connectivity index (χ4n) is 2.96. The van der Waals surface area contributed by atoms with Gasteiger partial charge in [0.25, 0.3) is 0 Å². The van der Waals surface area contributed by atoms with Crippen LogP contribution in [-0.2, 0) is 0 Å². The van der Waals surface area contributed by atoms with E-state index in [2.05, 4.69) is 20.5 Å². The van der Waals surface area contributed by atoms with E-state index in [-0.39, 0.29) is 29.6 Å². The first-order chi connectivity index (χ1) is 15.0. The number of hydrogen-bond donors (Lipinski definition) is 1. The highest BCUT2D eigenvalue weighted by molar-refractivity contribution is 7.20. The molecule has 13 heteroatoms. The van der Waals surface area contributed by atoms with Crippen LogP contribution in [0.3, 0.4) is 0 Å². The van der Waals surface area contributed by atoms with Crippen LogP contribution in [0.25, 0.3) is 16.2 Å². The van der Waals surface area contributed by atoms with Gasteiger partial charge in [-0.25, -0.2) is 9.97 Å². The Balaban J connectivity index is 0.00000289. The Labute approximate surface area is 197 Å². The molecule has 32 heavy (non-hydrogen) atoms. The molecule has 0 spiro atoms. The first kappa shape index (κ1) is 23.3. The number of rotatable bonds is 7. The van der Waals surface area contributed by atoms with Gasteiger partial charge in [-0.2, -0.15) is 5.10 Å². The number of nitrogens with zero attached hydrogens (tertiary/aromatic N) is 5. The predicted octanol–water partition coefficient (Wildman–Crippen LogP) is 4.90. The molecule has 1 N–H and O–H groups in total. The molecule has 1 aromatic carbocycles. The summed E-state index contributed by atoms with van der Waals surface area (Å²) in [4.78, 5) is 20.3. The van der Waals surface area contributed by atoms with Crippen LogP contribution in [0.2, 0.25) is 4.34 Å². The van der Waals surface area contributed by atoms with Gasteiger partial charge in [0.05, 0.1) is 37.1 Å². The normalized spacial score (nSPS) is 10.8. The van der Waals surface area contributed by atoms with Gasteiger partial charge in [0.2, 0.25) is 0 Å². The van der Waals surface area contributed by atoms with E-state index < -0.39 is 4.92 Å². The molecule has 0 radical (unpaired) electrons. The molecule has 0 amide bonds. The smallest absolute Gasteiger partial charge is 0.314 e. The number of halogens is 2. The number of thiazole rings is 1. The molecular weight excluding hydrogens is 479 g/mol. The number of fused-ring (bicyclic) bond motifs is 1. The molecule has 4 rings (SSSR count). The van der Waals surface area contributed by atoms with Crippen molar-refractivity contribution in [2.75, 3.05) is 19.6 Å². The maximum absolute atomic E-state index is 11.4. The summed E-state index contributed by atoms with van der Waals surface area (Å²) in [6.07, 6.45) is 4.93. The lowest BCUT2D eigenvalue weighted by molar-refractivity contribution is -0.385. The van der Waals surface area contributed by atoms with Crippen LogP contribution in [-0.4, -0.2) is 39.7 Å². The number of ether oxygens (including phenoxy) is 2. The van der Waals surface area contributed by atoms with E-state index in [9.17, 15) is 10.1 Å². The topological polar surface area (TPSA) is 116 Å². The van der Waals surface area contributed by atoms with E-state index in [1.165, 1.54) is 37.7 Å². The van der Waals surface area contributed by atoms with E-state index in [1.54, 1.807) is 35.1 Å². The quantitative estimate of drug-likeness (QED) is 0.220. The van der Waals surface area contributed by atoms with E-state index in [4.69, 9.17) is 21.1 Å². The fraction of sp³-hybridized carbons (Fsp3) is 0.105. The molecule has 0 atom stereocenters. The van der Waals surface area contributed by atoms with Crippen LogP contribution in [0.15, 0.2) is 47.8 Å². The molecule has 166 valence electrons. The van der Waals surface area contributed by atoms with Crippen LogP contribution in [0.4, 0.5) is 11.5 Å². The molecule has 10 nitrogen and oxygen atoms in total. The first-order valence-electron chi connectivity index (χ1n) is 8.80. The number of aromatic nitrogens is 3. The Morgan fingerprint density at radius 3 is 2.72 bits per heavy atom. The third kappa shape index (κ3) is 4.44. The van der Waals surface area contributed by atoms with Crippen molar-refractivity contribution in [1.29, 1.82) is 0 Å². The summed E-state index contributed by atoms with van der Waals surface area (Å²) >= 11 is 7.44. The van der Waals surface area contributed by atoms with E-state index in [1.807, 2.05) is 6.07 Å². The molecule has 3 aromatic heterocycles. The molecule has 0 aliphatic rings. The Kier molecular flexibility index (Phi) is 7.13. The summed E-state index contributed by atoms with van der Waals surface area (Å²) in [5.41, 5.74) is 4.24. The molecule has 0 saturated heterocycles. The van der Waals surface area contributed by atoms with Gasteiger partial charge in [-0.3, -0.25) is 19.9 Å². The van der Waals surface area contributed by atoms with Crippen LogP contribution < -0.4 is 14.9 Å². The maximum atomic E-state index is 11.4. The summed E-state index contributed by atoms with van der Waals surface area (Å²) in [7, 11) is 2.80. The second kappa shape index (κ2) is 9.81. The van der Waals surface area contributed by atoms with E-state index in [0.717, 1.165) is 0 Å². The van der Waals surface area contributed by atoms with Crippen molar-refractivity contribution in [2.45, 2.75) is 0 Å². The number of methoxy groups -OCH3 is 2. The number of imidazole rings is 1. The van der Waals surface area contributed by atoms with Crippen molar-refractivity contribution in [3.05, 3.63) is 62.9 Å². The van der Waals surface area contributed by atoms with Crippen LogP contribution in [0, 0.1) is 10.1 Å². The van der Waals surface area contributed by atoms with Gasteiger partial charge in [0.15, 0.2) is 10.7 Å². The van der Waals surface area contributed by atoms with Crippen molar-refractivity contribution >= 4 is 58.0 Å². The van der Waals surface area contributed by atoms with E-state index >= 15 is 0 Å². The molecule has 0 aliphatic carbocycles. The van der Waals surface area contributed by atoms with Crippen molar-refractivity contribution < 1.29 is 14.4 Å². The Morgan fingerprint density at radius 1 is 1.28 bits per heavy atom. The zero-order chi connectivity index (χ0) is 22.0. The molecule has 0 saturated carbocycles. The Hall–Kier alpha value is -3.41. The monoisotopic (exact) mass is 494 g/mol. The minimum absolute atomic E-state index is 0. The number of nitrogens with one attached hydrogen (secondary N) is 1. The summed E-state index contributed by atoms with van der Waals surface area (Å²) in [6.45, 7) is 0. The van der Waals surface area contributed by atoms with Gasteiger partial charge in [-0.1, -0.05) is 29.0 Å². The number of hydrogen-bond acceptors (Lipinski definition) is 9. The molecular formula is C19H16Cl2N6O4S. The van der Waals surface area contributed by atoms with Gasteiger partial charge in [0, 0.05) is 24.0 Å². The highest BCUT2D eigenvalue weighted by Gasteiger charge is 2.24. The minimum Gasteiger partial charge on any atom is -0.496 e. The van der Waals surface area contributed by atoms with Gasteiger partial charge in [0.1, 0.15) is 21.6 Å². The maximum Gasteiger partial charge on any atom is 0.314 e. The number of benzene rings is 1. The van der Waals surface area contributed by atoms with Gasteiger partial charge < -0.3 is 9.47 Å². The standard InChI is InChI=1S/C19H15ClN6O4S.ClH/c1-29-14-8-12(26(27)28)15(30-2)7-11(14)18-13(25-10-16(20)31-19(25)23-18)9-22-24-17-5-3-4-6-21-17;/h3-10H,1-2H3,(H,21,24);1H/b22-9+;. The zero-order valence-electron chi connectivity index (χ0n) is 16.7. The van der Waals surface area contributed by atoms with Crippen LogP contribution >= 0.6 is 35.3 Å². The number of nitro groups is 1. The molecule has 0 bridgehead atoms. The van der Waals surface area contributed by atoms with Crippen molar-refractivity contribution in [2.24, 2.45) is 5.10 Å². The molecule has 4 aromatic rings. The zero-order valence-corrected chi connectivity index (χ0v) is 19.1. The average Bonchev–Trinajstić information content (AvgIpc) is 3.29. The molecule has 0 unspecified atom stereocenters. The molecule has 0 aliphatic heterocycles. The Bertz CT molecular complexity index is 1290. The average molecular weight is 495 g/mol. The first-order valence-corrected chi connectivity index (χ1v) is 9.99. The van der Waals surface area contributed by atoms with Gasteiger partial charge in [-0.15, -0.1) is 12.4 Å². The lowest BCUT2D eigenvalue weighted by atomic mass is 10.1. The van der Waals surface area contributed by atoms with E-state index in [0.29, 0.717) is 32.1 Å².